The Kier molecular flexibility index (Phi) is 2.86. The molecule has 2 heterocycles. The van der Waals surface area contributed by atoms with Gasteiger partial charge in [0.1, 0.15) is 0 Å². The first-order valence-electron chi connectivity index (χ1n) is 9.41. The molecule has 0 N–H and O–H groups in total. The summed E-state index contributed by atoms with van der Waals surface area (Å²) in [4.78, 5) is 28.3. The molecule has 4 fully saturated rings. The van der Waals surface area contributed by atoms with Crippen molar-refractivity contribution in [2.45, 2.75) is 85.3 Å². The van der Waals surface area contributed by atoms with Gasteiger partial charge in [-0.3, -0.25) is 9.59 Å². The number of carbonyl (C=O) groups excluding carboxylic acids is 2. The molecule has 0 aromatic carbocycles. The molecule has 4 nitrogen and oxygen atoms in total. The van der Waals surface area contributed by atoms with Gasteiger partial charge in [0.05, 0.1) is 5.41 Å². The molecule has 134 valence electrons. The lowest BCUT2D eigenvalue weighted by Gasteiger charge is -2.41. The van der Waals surface area contributed by atoms with E-state index in [1.165, 1.54) is 0 Å². The minimum Gasteiger partial charge on any atom is -0.448 e. The summed E-state index contributed by atoms with van der Waals surface area (Å²) in [7, 11) is 0. The van der Waals surface area contributed by atoms with Gasteiger partial charge >= 0.3 is 5.97 Å². The first-order valence-corrected chi connectivity index (χ1v) is 9.41. The van der Waals surface area contributed by atoms with Crippen LogP contribution in [0.4, 0.5) is 0 Å². The minimum atomic E-state index is -0.948. The summed E-state index contributed by atoms with van der Waals surface area (Å²) in [6.07, 6.45) is 4.73. The van der Waals surface area contributed by atoms with Gasteiger partial charge in [-0.1, -0.05) is 34.6 Å². The van der Waals surface area contributed by atoms with E-state index in [0.29, 0.717) is 12.5 Å². The van der Waals surface area contributed by atoms with Crippen molar-refractivity contribution in [1.29, 1.82) is 0 Å². The van der Waals surface area contributed by atoms with Crippen LogP contribution in [0.5, 0.6) is 0 Å². The second-order valence-corrected chi connectivity index (χ2v) is 10.8. The van der Waals surface area contributed by atoms with E-state index in [0.717, 1.165) is 32.2 Å². The average Bonchev–Trinajstić information content (AvgIpc) is 2.86. The zero-order valence-corrected chi connectivity index (χ0v) is 16.0. The Bertz CT molecular complexity index is 639. The van der Waals surface area contributed by atoms with Gasteiger partial charge in [-0.15, -0.1) is 0 Å². The third-order valence-corrected chi connectivity index (χ3v) is 8.10. The standard InChI is InChI=1S/C20H31NO3/c1-16(2)9-13-10-18(5,11-16)12-21(13)14(22)20-8-7-19(6,15(23)24-20)17(20,3)4/h13H,7-12H2,1-6H3/t13-,18-,19-,20+/m1/s1. The molecular weight excluding hydrogens is 302 g/mol. The molecule has 4 atom stereocenters. The van der Waals surface area contributed by atoms with Gasteiger partial charge in [-0.25, -0.2) is 0 Å². The lowest BCUT2D eigenvalue weighted by atomic mass is 9.65. The molecule has 2 aliphatic heterocycles. The number of ether oxygens (including phenoxy) is 1. The Morgan fingerprint density at radius 2 is 1.75 bits per heavy atom. The van der Waals surface area contributed by atoms with Crippen LogP contribution in [0, 0.1) is 21.7 Å². The second-order valence-electron chi connectivity index (χ2n) is 10.8. The maximum Gasteiger partial charge on any atom is 0.313 e. The van der Waals surface area contributed by atoms with Crippen LogP contribution < -0.4 is 0 Å². The van der Waals surface area contributed by atoms with E-state index in [-0.39, 0.29) is 22.7 Å². The number of hydrogen-bond donors (Lipinski definition) is 0. The van der Waals surface area contributed by atoms with E-state index in [2.05, 4.69) is 39.5 Å². The molecule has 4 bridgehead atoms. The van der Waals surface area contributed by atoms with Crippen LogP contribution in [0.2, 0.25) is 0 Å². The van der Waals surface area contributed by atoms with E-state index < -0.39 is 16.4 Å². The Morgan fingerprint density at radius 1 is 1.08 bits per heavy atom. The number of hydrogen-bond acceptors (Lipinski definition) is 3. The van der Waals surface area contributed by atoms with E-state index in [9.17, 15) is 9.59 Å². The highest BCUT2D eigenvalue weighted by atomic mass is 16.6. The van der Waals surface area contributed by atoms with Crippen LogP contribution in [-0.4, -0.2) is 35.0 Å². The fourth-order valence-corrected chi connectivity index (χ4v) is 6.65. The maximum absolute atomic E-state index is 13.7. The molecule has 0 aromatic heterocycles. The van der Waals surface area contributed by atoms with E-state index in [1.54, 1.807) is 0 Å². The molecular formula is C20H31NO3. The molecule has 4 aliphatic rings. The predicted octanol–water partition coefficient (Wildman–Crippen LogP) is 3.54. The van der Waals surface area contributed by atoms with Gasteiger partial charge in [0.25, 0.3) is 5.91 Å². The van der Waals surface area contributed by atoms with E-state index in [1.807, 2.05) is 6.92 Å². The molecule has 2 saturated heterocycles. The summed E-state index contributed by atoms with van der Waals surface area (Å²) >= 11 is 0. The minimum absolute atomic E-state index is 0.0773. The average molecular weight is 333 g/mol. The first kappa shape index (κ1) is 16.4. The second kappa shape index (κ2) is 4.19. The van der Waals surface area contributed by atoms with E-state index in [4.69, 9.17) is 4.74 Å². The Labute approximate surface area is 145 Å². The zero-order valence-electron chi connectivity index (χ0n) is 16.0. The Balaban J connectivity index is 1.70. The highest BCUT2D eigenvalue weighted by Gasteiger charge is 2.76. The lowest BCUT2D eigenvalue weighted by Crippen LogP contribution is -2.56. The SMILES string of the molecule is CC1(C)C[C@@H]2C[C@@](C)(CN2C(=O)[C@]23CC[C@](C)(C(=O)O2)C3(C)C)C1. The van der Waals surface area contributed by atoms with Gasteiger partial charge < -0.3 is 9.64 Å². The van der Waals surface area contributed by atoms with Crippen LogP contribution in [0.25, 0.3) is 0 Å². The molecule has 0 aromatic rings. The van der Waals surface area contributed by atoms with E-state index >= 15 is 0 Å². The van der Waals surface area contributed by atoms with Crippen molar-refractivity contribution >= 4 is 11.9 Å². The van der Waals surface area contributed by atoms with Gasteiger partial charge in [0.15, 0.2) is 5.60 Å². The molecule has 1 amide bonds. The molecule has 24 heavy (non-hydrogen) atoms. The van der Waals surface area contributed by atoms with Crippen molar-refractivity contribution in [3.05, 3.63) is 0 Å². The first-order chi connectivity index (χ1) is 10.9. The summed E-state index contributed by atoms with van der Waals surface area (Å²) < 4.78 is 5.84. The van der Waals surface area contributed by atoms with Crippen molar-refractivity contribution in [1.82, 2.24) is 4.90 Å². The highest BCUT2D eigenvalue weighted by Crippen LogP contribution is 2.66. The lowest BCUT2D eigenvalue weighted by molar-refractivity contribution is -0.174. The van der Waals surface area contributed by atoms with Gasteiger partial charge in [0.2, 0.25) is 0 Å². The van der Waals surface area contributed by atoms with Crippen molar-refractivity contribution in [3.63, 3.8) is 0 Å². The number of rotatable bonds is 1. The van der Waals surface area contributed by atoms with Gasteiger partial charge in [-0.2, -0.15) is 0 Å². The normalized spacial score (nSPS) is 47.8. The zero-order chi connectivity index (χ0) is 17.8. The molecule has 4 heteroatoms. The van der Waals surface area contributed by atoms with Crippen LogP contribution in [0.1, 0.15) is 73.6 Å². The number of esters is 1. The number of fused-ring (bicyclic) bond motifs is 4. The Hall–Kier alpha value is -1.06. The summed E-state index contributed by atoms with van der Waals surface area (Å²) in [5.74, 6) is -0.102. The maximum atomic E-state index is 13.7. The summed E-state index contributed by atoms with van der Waals surface area (Å²) in [6, 6.07) is 0.294. The highest BCUT2D eigenvalue weighted by molar-refractivity contribution is 5.96. The number of likely N-dealkylation sites (tertiary alicyclic amines) is 1. The molecule has 0 radical (unpaired) electrons. The number of amides is 1. The van der Waals surface area contributed by atoms with Gasteiger partial charge in [-0.05, 0) is 49.9 Å². The quantitative estimate of drug-likeness (QED) is 0.690. The molecule has 2 saturated carbocycles. The van der Waals surface area contributed by atoms with Crippen molar-refractivity contribution in [3.8, 4) is 0 Å². The van der Waals surface area contributed by atoms with Crippen molar-refractivity contribution in [2.24, 2.45) is 21.7 Å². The summed E-state index contributed by atoms with van der Waals surface area (Å²) in [6.45, 7) is 13.8. The smallest absolute Gasteiger partial charge is 0.313 e. The third-order valence-electron chi connectivity index (χ3n) is 8.10. The predicted molar refractivity (Wildman–Crippen MR) is 91.2 cm³/mol. The summed E-state index contributed by atoms with van der Waals surface area (Å²) in [5.41, 5.74) is -1.44. The summed E-state index contributed by atoms with van der Waals surface area (Å²) in [5, 5.41) is 0. The van der Waals surface area contributed by atoms with Crippen LogP contribution in [0.3, 0.4) is 0 Å². The van der Waals surface area contributed by atoms with Crippen molar-refractivity contribution in [2.75, 3.05) is 6.54 Å². The number of carbonyl (C=O) groups is 2. The molecule has 0 unspecified atom stereocenters. The Morgan fingerprint density at radius 3 is 2.29 bits per heavy atom. The van der Waals surface area contributed by atoms with Crippen LogP contribution in [0.15, 0.2) is 0 Å². The van der Waals surface area contributed by atoms with Crippen molar-refractivity contribution < 1.29 is 14.3 Å². The molecule has 0 spiro atoms. The topological polar surface area (TPSA) is 46.6 Å². The molecule has 2 aliphatic carbocycles. The fraction of sp³-hybridized carbons (Fsp3) is 0.900. The third kappa shape index (κ3) is 1.70. The van der Waals surface area contributed by atoms with Crippen LogP contribution in [-0.2, 0) is 14.3 Å². The monoisotopic (exact) mass is 333 g/mol. The van der Waals surface area contributed by atoms with Gasteiger partial charge in [0, 0.05) is 18.0 Å². The number of nitrogens with zero attached hydrogens (tertiary/aromatic N) is 1. The largest absolute Gasteiger partial charge is 0.448 e. The molecule has 4 rings (SSSR count). The fourth-order valence-electron chi connectivity index (χ4n) is 6.65. The van der Waals surface area contributed by atoms with Crippen LogP contribution >= 0.6 is 0 Å².